The van der Waals surface area contributed by atoms with Crippen LogP contribution in [0.15, 0.2) is 181 Å². The van der Waals surface area contributed by atoms with Crippen molar-refractivity contribution in [2.45, 2.75) is 69.9 Å². The van der Waals surface area contributed by atoms with Crippen molar-refractivity contribution in [3.63, 3.8) is 0 Å². The van der Waals surface area contributed by atoms with Crippen LogP contribution in [0.1, 0.15) is 90.9 Å². The first kappa shape index (κ1) is 36.7. The van der Waals surface area contributed by atoms with Crippen LogP contribution in [-0.2, 0) is 6.42 Å². The molecule has 296 valence electrons. The van der Waals surface area contributed by atoms with Crippen LogP contribution >= 0.6 is 0 Å². The largest absolute Gasteiger partial charge is 0.349 e. The highest BCUT2D eigenvalue weighted by Crippen LogP contribution is 2.54. The number of fused-ring (bicyclic) bond motifs is 7. The van der Waals surface area contributed by atoms with Crippen molar-refractivity contribution in [1.82, 2.24) is 9.47 Å². The van der Waals surface area contributed by atoms with Crippen molar-refractivity contribution in [1.29, 1.82) is 0 Å². The first-order valence-electron chi connectivity index (χ1n) is 22.1. The molecule has 4 heteroatoms. The molecular formula is C56H52N4. The second-order valence-corrected chi connectivity index (χ2v) is 17.5. The third-order valence-corrected chi connectivity index (χ3v) is 13.9. The average molecular weight is 781 g/mol. The van der Waals surface area contributed by atoms with E-state index in [1.807, 2.05) is 0 Å². The fourth-order valence-corrected chi connectivity index (χ4v) is 10.7. The summed E-state index contributed by atoms with van der Waals surface area (Å²) < 4.78 is 2.65. The molecule has 4 unspecified atom stereocenters. The number of rotatable bonds is 6. The zero-order valence-electron chi connectivity index (χ0n) is 34.7. The fraction of sp³-hybridized carbons (Fsp3) is 0.232. The summed E-state index contributed by atoms with van der Waals surface area (Å²) in [7, 11) is 2.17. The van der Waals surface area contributed by atoms with Crippen molar-refractivity contribution in [2.24, 2.45) is 10.4 Å². The summed E-state index contributed by atoms with van der Waals surface area (Å²) in [6.45, 7) is 2.34. The standard InChI is InChI=1S/C56H52N4/c1-56(52-38-51(41-18-6-3-7-19-41)58(2)55(57-52)42-20-8-4-9-21-42)36-34-40(35-37-56)39-30-32-44(33-31-39)59-48-27-15-12-24-45(48)53-46-25-13-16-28-49(46)60(43-22-10-5-11-23-43)54(53)47-26-14-17-29-50(47)59/h3-10,14-22,26-36,38,45,48,51H,11-13,23-25,37H2,1-2H3. The van der Waals surface area contributed by atoms with Gasteiger partial charge in [0.05, 0.1) is 29.2 Å². The molecule has 11 rings (SSSR count). The normalized spacial score (nSPS) is 24.0. The molecule has 0 saturated carbocycles. The van der Waals surface area contributed by atoms with Gasteiger partial charge in [-0.05, 0) is 109 Å². The lowest BCUT2D eigenvalue weighted by molar-refractivity contribution is 0.408. The van der Waals surface area contributed by atoms with E-state index in [1.54, 1.807) is 11.1 Å². The van der Waals surface area contributed by atoms with E-state index in [9.17, 15) is 0 Å². The molecule has 6 aliphatic rings. The van der Waals surface area contributed by atoms with Crippen molar-refractivity contribution >= 4 is 34.6 Å². The van der Waals surface area contributed by atoms with E-state index in [0.717, 1.165) is 62.0 Å². The molecule has 5 aromatic rings. The Morgan fingerprint density at radius 3 is 2.32 bits per heavy atom. The van der Waals surface area contributed by atoms with E-state index in [2.05, 4.69) is 204 Å². The highest BCUT2D eigenvalue weighted by Gasteiger charge is 2.41. The van der Waals surface area contributed by atoms with Gasteiger partial charge < -0.3 is 14.4 Å². The summed E-state index contributed by atoms with van der Waals surface area (Å²) in [5.41, 5.74) is 17.1. The predicted octanol–water partition coefficient (Wildman–Crippen LogP) is 13.6. The molecule has 4 aromatic carbocycles. The molecule has 4 aliphatic carbocycles. The Hall–Kier alpha value is -6.39. The van der Waals surface area contributed by atoms with Gasteiger partial charge in [0.1, 0.15) is 5.84 Å². The third-order valence-electron chi connectivity index (χ3n) is 13.9. The maximum atomic E-state index is 5.39. The number of para-hydroxylation sites is 1. The molecule has 0 amide bonds. The molecule has 1 aromatic heterocycles. The number of aromatic nitrogens is 1. The monoisotopic (exact) mass is 780 g/mol. The molecule has 0 N–H and O–H groups in total. The van der Waals surface area contributed by atoms with Gasteiger partial charge in [0.25, 0.3) is 0 Å². The molecule has 0 bridgehead atoms. The zero-order chi connectivity index (χ0) is 40.2. The Balaban J connectivity index is 0.938. The molecule has 2 aliphatic heterocycles. The minimum atomic E-state index is -0.232. The maximum Gasteiger partial charge on any atom is 0.136 e. The van der Waals surface area contributed by atoms with E-state index in [-0.39, 0.29) is 17.5 Å². The molecule has 0 fully saturated rings. The molecule has 4 atom stereocenters. The minimum Gasteiger partial charge on any atom is -0.349 e. The van der Waals surface area contributed by atoms with Gasteiger partial charge in [0.2, 0.25) is 0 Å². The van der Waals surface area contributed by atoms with Gasteiger partial charge in [0.15, 0.2) is 0 Å². The van der Waals surface area contributed by atoms with Crippen LogP contribution in [0.2, 0.25) is 0 Å². The average Bonchev–Trinajstić information content (AvgIpc) is 3.59. The fourth-order valence-electron chi connectivity index (χ4n) is 10.7. The third kappa shape index (κ3) is 6.15. The highest BCUT2D eigenvalue weighted by atomic mass is 15.2. The number of benzene rings is 4. The summed E-state index contributed by atoms with van der Waals surface area (Å²) in [4.78, 5) is 10.4. The van der Waals surface area contributed by atoms with Crippen LogP contribution in [0.4, 0.5) is 11.4 Å². The van der Waals surface area contributed by atoms with Crippen molar-refractivity contribution in [3.8, 4) is 11.3 Å². The zero-order valence-corrected chi connectivity index (χ0v) is 34.7. The Morgan fingerprint density at radius 2 is 1.53 bits per heavy atom. The Morgan fingerprint density at radius 1 is 0.750 bits per heavy atom. The van der Waals surface area contributed by atoms with Gasteiger partial charge in [-0.25, -0.2) is 4.99 Å². The number of hydrogen-bond acceptors (Lipinski definition) is 3. The number of allylic oxidation sites excluding steroid dienone is 10. The second kappa shape index (κ2) is 15.0. The van der Waals surface area contributed by atoms with E-state index in [4.69, 9.17) is 4.99 Å². The van der Waals surface area contributed by atoms with Crippen LogP contribution in [0, 0.1) is 5.41 Å². The highest BCUT2D eigenvalue weighted by molar-refractivity contribution is 6.00. The molecule has 3 heterocycles. The molecule has 0 saturated heterocycles. The smallest absolute Gasteiger partial charge is 0.136 e. The van der Waals surface area contributed by atoms with Crippen molar-refractivity contribution < 1.29 is 0 Å². The second-order valence-electron chi connectivity index (χ2n) is 17.5. The molecule has 0 radical (unpaired) electrons. The van der Waals surface area contributed by atoms with E-state index < -0.39 is 0 Å². The van der Waals surface area contributed by atoms with Gasteiger partial charge >= 0.3 is 0 Å². The lowest BCUT2D eigenvalue weighted by Crippen LogP contribution is -2.36. The van der Waals surface area contributed by atoms with Crippen molar-refractivity contribution in [3.05, 3.63) is 209 Å². The van der Waals surface area contributed by atoms with Gasteiger partial charge in [-0.3, -0.25) is 0 Å². The summed E-state index contributed by atoms with van der Waals surface area (Å²) in [5, 5.41) is 0. The predicted molar refractivity (Wildman–Crippen MR) is 251 cm³/mol. The Kier molecular flexibility index (Phi) is 9.18. The van der Waals surface area contributed by atoms with E-state index >= 15 is 0 Å². The number of amidine groups is 1. The van der Waals surface area contributed by atoms with Crippen molar-refractivity contribution in [2.75, 3.05) is 11.9 Å². The van der Waals surface area contributed by atoms with Crippen LogP contribution in [-0.4, -0.2) is 28.4 Å². The van der Waals surface area contributed by atoms with E-state index in [1.165, 1.54) is 50.7 Å². The number of nitrogens with zero attached hydrogens (tertiary/aromatic N) is 4. The van der Waals surface area contributed by atoms with Crippen LogP contribution < -0.4 is 4.90 Å². The lowest BCUT2D eigenvalue weighted by Gasteiger charge is -2.38. The lowest BCUT2D eigenvalue weighted by atomic mass is 9.77. The van der Waals surface area contributed by atoms with E-state index in [0.29, 0.717) is 5.92 Å². The van der Waals surface area contributed by atoms with Crippen LogP contribution in [0.25, 0.3) is 28.6 Å². The molecule has 60 heavy (non-hydrogen) atoms. The SMILES string of the molecule is CN1C(c2ccccc2)=NC(C2(C)C=CC(c3ccc(N4c5ccccc5-c5c(c6c(n5C5=CC=CCC5)C=CCC6)C5CCC=CC54)cc3)=CC2)=CC1c1ccccc1. The molecular weight excluding hydrogens is 729 g/mol. The van der Waals surface area contributed by atoms with Gasteiger partial charge in [0, 0.05) is 46.6 Å². The minimum absolute atomic E-state index is 0.0963. The first-order chi connectivity index (χ1) is 29.6. The van der Waals surface area contributed by atoms with Crippen LogP contribution in [0.5, 0.6) is 0 Å². The van der Waals surface area contributed by atoms with Gasteiger partial charge in [-0.1, -0.05) is 147 Å². The number of hydrogen-bond donors (Lipinski definition) is 0. The summed E-state index contributed by atoms with van der Waals surface area (Å²) in [5.74, 6) is 1.41. The summed E-state index contributed by atoms with van der Waals surface area (Å²) >= 11 is 0. The maximum absolute atomic E-state index is 5.39. The molecule has 4 nitrogen and oxygen atoms in total. The number of anilines is 2. The summed E-state index contributed by atoms with van der Waals surface area (Å²) in [6, 6.07) is 40.4. The van der Waals surface area contributed by atoms with Crippen LogP contribution in [0.3, 0.4) is 0 Å². The quantitative estimate of drug-likeness (QED) is 0.160. The van der Waals surface area contributed by atoms with Gasteiger partial charge in [-0.15, -0.1) is 0 Å². The Bertz CT molecular complexity index is 2720. The summed E-state index contributed by atoms with van der Waals surface area (Å²) in [6.07, 6.45) is 33.7. The van der Waals surface area contributed by atoms with Gasteiger partial charge in [-0.2, -0.15) is 0 Å². The first-order valence-corrected chi connectivity index (χ1v) is 22.1. The molecule has 0 spiro atoms. The topological polar surface area (TPSA) is 23.8 Å². The Labute approximate surface area is 355 Å². The number of likely N-dealkylation sites (N-methyl/N-ethyl adjacent to an activating group) is 1. The number of aliphatic imine (C=N–C) groups is 1.